The zero-order valence-electron chi connectivity index (χ0n) is 17.3. The van der Waals surface area contributed by atoms with E-state index in [2.05, 4.69) is 35.4 Å². The highest BCUT2D eigenvalue weighted by molar-refractivity contribution is 8.01. The van der Waals surface area contributed by atoms with Crippen LogP contribution in [0.2, 0.25) is 0 Å². The van der Waals surface area contributed by atoms with Gasteiger partial charge in [0.1, 0.15) is 0 Å². The Morgan fingerprint density at radius 2 is 1.87 bits per heavy atom. The van der Waals surface area contributed by atoms with E-state index in [0.29, 0.717) is 42.8 Å². The first kappa shape index (κ1) is 21.4. The first-order valence-electron chi connectivity index (χ1n) is 9.91. The van der Waals surface area contributed by atoms with Crippen molar-refractivity contribution in [3.63, 3.8) is 0 Å². The molecular formula is C21H23N5O3S2. The summed E-state index contributed by atoms with van der Waals surface area (Å²) < 4.78 is 5.91. The zero-order chi connectivity index (χ0) is 21.8. The molecule has 3 heterocycles. The van der Waals surface area contributed by atoms with Crippen molar-refractivity contribution < 1.29 is 14.0 Å². The third-order valence-corrected chi connectivity index (χ3v) is 7.18. The summed E-state index contributed by atoms with van der Waals surface area (Å²) in [4.78, 5) is 28.4. The van der Waals surface area contributed by atoms with Crippen molar-refractivity contribution in [2.75, 3.05) is 37.2 Å². The van der Waals surface area contributed by atoms with Crippen LogP contribution in [0.25, 0.3) is 0 Å². The molecule has 3 aromatic rings. The van der Waals surface area contributed by atoms with E-state index in [1.54, 1.807) is 21.9 Å². The number of aryl methyl sites for hydroxylation is 1. The van der Waals surface area contributed by atoms with Gasteiger partial charge in [0.2, 0.25) is 11.0 Å². The maximum atomic E-state index is 12.6. The summed E-state index contributed by atoms with van der Waals surface area (Å²) in [7, 11) is 0. The molecule has 0 bridgehead atoms. The van der Waals surface area contributed by atoms with Crippen LogP contribution in [0.15, 0.2) is 45.4 Å². The number of piperazine rings is 1. The third kappa shape index (κ3) is 5.08. The van der Waals surface area contributed by atoms with Gasteiger partial charge in [-0.3, -0.25) is 9.59 Å². The summed E-state index contributed by atoms with van der Waals surface area (Å²) in [6, 6.07) is 9.43. The monoisotopic (exact) mass is 457 g/mol. The molecular weight excluding hydrogens is 434 g/mol. The van der Waals surface area contributed by atoms with E-state index in [1.165, 1.54) is 40.5 Å². The van der Waals surface area contributed by atoms with E-state index in [-0.39, 0.29) is 11.8 Å². The summed E-state index contributed by atoms with van der Waals surface area (Å²) in [5.41, 5.74) is 3.39. The number of nitrogens with one attached hydrogen (secondary N) is 1. The van der Waals surface area contributed by atoms with Crippen LogP contribution in [0.3, 0.4) is 0 Å². The van der Waals surface area contributed by atoms with Crippen LogP contribution in [-0.2, 0) is 4.79 Å². The molecule has 8 nitrogen and oxygen atoms in total. The van der Waals surface area contributed by atoms with Crippen LogP contribution in [0.5, 0.6) is 0 Å². The Labute approximate surface area is 188 Å². The number of carbonyl (C=O) groups excluding carboxylic acids is 2. The lowest BCUT2D eigenvalue weighted by molar-refractivity contribution is -0.129. The lowest BCUT2D eigenvalue weighted by Gasteiger charge is -2.34. The molecule has 1 aliphatic rings. The first-order chi connectivity index (χ1) is 15.0. The van der Waals surface area contributed by atoms with Gasteiger partial charge < -0.3 is 19.5 Å². The van der Waals surface area contributed by atoms with Gasteiger partial charge in [-0.05, 0) is 43.2 Å². The number of amides is 2. The standard InChI is InChI=1S/C21H23N5O3S2/c1-14-5-3-6-16(15(14)2)22-20-23-24-21(31-20)30-13-18(27)25-8-10-26(11-9-25)19(28)17-7-4-12-29-17/h3-7,12H,8-11,13H2,1-2H3,(H,22,23). The minimum atomic E-state index is -0.135. The highest BCUT2D eigenvalue weighted by atomic mass is 32.2. The summed E-state index contributed by atoms with van der Waals surface area (Å²) in [6.07, 6.45) is 1.49. The Morgan fingerprint density at radius 3 is 2.61 bits per heavy atom. The number of hydrogen-bond donors (Lipinski definition) is 1. The average Bonchev–Trinajstić information content (AvgIpc) is 3.47. The lowest BCUT2D eigenvalue weighted by Crippen LogP contribution is -2.51. The van der Waals surface area contributed by atoms with Crippen LogP contribution >= 0.6 is 23.1 Å². The second-order valence-electron chi connectivity index (χ2n) is 7.18. The number of thioether (sulfide) groups is 1. The Kier molecular flexibility index (Phi) is 6.57. The molecule has 1 N–H and O–H groups in total. The predicted molar refractivity (Wildman–Crippen MR) is 121 cm³/mol. The van der Waals surface area contributed by atoms with Gasteiger partial charge >= 0.3 is 0 Å². The Hall–Kier alpha value is -2.85. The van der Waals surface area contributed by atoms with Gasteiger partial charge in [0, 0.05) is 31.9 Å². The largest absolute Gasteiger partial charge is 0.459 e. The Balaban J connectivity index is 1.25. The molecule has 31 heavy (non-hydrogen) atoms. The maximum Gasteiger partial charge on any atom is 0.289 e. The fraction of sp³-hybridized carbons (Fsp3) is 0.333. The van der Waals surface area contributed by atoms with Gasteiger partial charge in [0.25, 0.3) is 5.91 Å². The fourth-order valence-electron chi connectivity index (χ4n) is 3.25. The van der Waals surface area contributed by atoms with E-state index in [9.17, 15) is 9.59 Å². The number of carbonyl (C=O) groups is 2. The number of benzene rings is 1. The minimum absolute atomic E-state index is 0.0364. The van der Waals surface area contributed by atoms with Gasteiger partial charge in [-0.2, -0.15) is 0 Å². The second kappa shape index (κ2) is 9.52. The highest BCUT2D eigenvalue weighted by Crippen LogP contribution is 2.29. The van der Waals surface area contributed by atoms with Crippen LogP contribution in [-0.4, -0.2) is 63.7 Å². The zero-order valence-corrected chi connectivity index (χ0v) is 19.0. The van der Waals surface area contributed by atoms with Crippen molar-refractivity contribution in [2.24, 2.45) is 0 Å². The predicted octanol–water partition coefficient (Wildman–Crippen LogP) is 3.57. The Morgan fingerprint density at radius 1 is 1.10 bits per heavy atom. The molecule has 1 aromatic carbocycles. The summed E-state index contributed by atoms with van der Waals surface area (Å²) in [6.45, 7) is 6.16. The third-order valence-electron chi connectivity index (χ3n) is 5.22. The first-order valence-corrected chi connectivity index (χ1v) is 11.7. The number of hydrogen-bond acceptors (Lipinski definition) is 8. The quantitative estimate of drug-likeness (QED) is 0.566. The lowest BCUT2D eigenvalue weighted by atomic mass is 10.1. The van der Waals surface area contributed by atoms with E-state index in [1.807, 2.05) is 12.1 Å². The van der Waals surface area contributed by atoms with Crippen molar-refractivity contribution in [1.29, 1.82) is 0 Å². The fourth-order valence-corrected chi connectivity index (χ4v) is 4.92. The number of nitrogens with zero attached hydrogens (tertiary/aromatic N) is 4. The van der Waals surface area contributed by atoms with E-state index < -0.39 is 0 Å². The van der Waals surface area contributed by atoms with Gasteiger partial charge in [0.05, 0.1) is 12.0 Å². The molecule has 0 spiro atoms. The van der Waals surface area contributed by atoms with Crippen molar-refractivity contribution in [3.8, 4) is 0 Å². The molecule has 0 radical (unpaired) electrons. The molecule has 2 aromatic heterocycles. The highest BCUT2D eigenvalue weighted by Gasteiger charge is 2.26. The summed E-state index contributed by atoms with van der Waals surface area (Å²) in [5, 5.41) is 12.4. The molecule has 0 atom stereocenters. The second-order valence-corrected chi connectivity index (χ2v) is 9.38. The molecule has 4 rings (SSSR count). The molecule has 162 valence electrons. The van der Waals surface area contributed by atoms with Gasteiger partial charge in [-0.1, -0.05) is 35.2 Å². The van der Waals surface area contributed by atoms with E-state index >= 15 is 0 Å². The topological polar surface area (TPSA) is 91.6 Å². The Bertz CT molecular complexity index is 1060. The molecule has 1 aliphatic heterocycles. The average molecular weight is 458 g/mol. The van der Waals surface area contributed by atoms with Crippen molar-refractivity contribution >= 4 is 45.7 Å². The minimum Gasteiger partial charge on any atom is -0.459 e. The molecule has 1 fully saturated rings. The van der Waals surface area contributed by atoms with Crippen LogP contribution in [0.4, 0.5) is 10.8 Å². The SMILES string of the molecule is Cc1cccc(Nc2nnc(SCC(=O)N3CCN(C(=O)c4ccco4)CC3)s2)c1C. The maximum absolute atomic E-state index is 12.6. The van der Waals surface area contributed by atoms with Crippen LogP contribution in [0, 0.1) is 13.8 Å². The van der Waals surface area contributed by atoms with Crippen molar-refractivity contribution in [1.82, 2.24) is 20.0 Å². The normalized spacial score (nSPS) is 14.0. The molecule has 10 heteroatoms. The van der Waals surface area contributed by atoms with E-state index in [0.717, 1.165) is 10.0 Å². The number of rotatable bonds is 6. The van der Waals surface area contributed by atoms with Crippen molar-refractivity contribution in [3.05, 3.63) is 53.5 Å². The van der Waals surface area contributed by atoms with Gasteiger partial charge in [0.15, 0.2) is 10.1 Å². The van der Waals surface area contributed by atoms with Crippen molar-refractivity contribution in [2.45, 2.75) is 18.2 Å². The number of aromatic nitrogens is 2. The number of anilines is 2. The smallest absolute Gasteiger partial charge is 0.289 e. The van der Waals surface area contributed by atoms with Crippen LogP contribution in [0.1, 0.15) is 21.7 Å². The summed E-state index contributed by atoms with van der Waals surface area (Å²) >= 11 is 2.81. The summed E-state index contributed by atoms with van der Waals surface area (Å²) in [5.74, 6) is 0.528. The molecule has 1 saturated heterocycles. The number of furan rings is 1. The molecule has 2 amide bonds. The van der Waals surface area contributed by atoms with Gasteiger partial charge in [-0.15, -0.1) is 10.2 Å². The van der Waals surface area contributed by atoms with Gasteiger partial charge in [-0.25, -0.2) is 0 Å². The molecule has 0 aliphatic carbocycles. The van der Waals surface area contributed by atoms with E-state index in [4.69, 9.17) is 4.42 Å². The molecule has 0 saturated carbocycles. The molecule has 0 unspecified atom stereocenters. The van der Waals surface area contributed by atoms with Crippen LogP contribution < -0.4 is 5.32 Å².